The summed E-state index contributed by atoms with van der Waals surface area (Å²) in [5.41, 5.74) is 0.713. The quantitative estimate of drug-likeness (QED) is 0.852. The van der Waals surface area contributed by atoms with Gasteiger partial charge in [0.05, 0.1) is 11.8 Å². The Balaban J connectivity index is 1.54. The first-order valence-corrected chi connectivity index (χ1v) is 7.28. The normalized spacial score (nSPS) is 37.0. The number of halogens is 1. The molecule has 1 N–H and O–H groups in total. The minimum absolute atomic E-state index is 0.0667. The predicted molar refractivity (Wildman–Crippen MR) is 73.2 cm³/mol. The lowest BCUT2D eigenvalue weighted by atomic mass is 9.79. The fraction of sp³-hybridized carbons (Fsp3) is 0.467. The number of anilines is 1. The molecule has 3 fully saturated rings. The van der Waals surface area contributed by atoms with Crippen LogP contribution >= 0.6 is 11.6 Å². The number of nitrogens with one attached hydrogen (secondary N) is 1. The number of hydrogen-bond donors (Lipinski definition) is 1. The van der Waals surface area contributed by atoms with E-state index in [9.17, 15) is 9.59 Å². The van der Waals surface area contributed by atoms with Crippen molar-refractivity contribution in [1.82, 2.24) is 0 Å². The largest absolute Gasteiger partial charge is 0.462 e. The van der Waals surface area contributed by atoms with Crippen LogP contribution in [-0.4, -0.2) is 18.0 Å². The summed E-state index contributed by atoms with van der Waals surface area (Å²) in [5, 5.41) is 3.52. The van der Waals surface area contributed by atoms with E-state index in [0.29, 0.717) is 10.7 Å². The van der Waals surface area contributed by atoms with Crippen LogP contribution in [0.2, 0.25) is 5.02 Å². The molecule has 1 aliphatic heterocycles. The molecular formula is C15H14ClNO3. The average molecular weight is 292 g/mol. The number of benzene rings is 1. The smallest absolute Gasteiger partial charge is 0.310 e. The molecule has 1 aromatic rings. The highest BCUT2D eigenvalue weighted by Crippen LogP contribution is 2.57. The summed E-state index contributed by atoms with van der Waals surface area (Å²) in [6.45, 7) is 0. The Morgan fingerprint density at radius 3 is 2.75 bits per heavy atom. The summed E-state index contributed by atoms with van der Waals surface area (Å²) in [7, 11) is 0. The van der Waals surface area contributed by atoms with Gasteiger partial charge in [-0.15, -0.1) is 0 Å². The first-order chi connectivity index (χ1) is 9.63. The van der Waals surface area contributed by atoms with Gasteiger partial charge in [-0.05, 0) is 43.0 Å². The van der Waals surface area contributed by atoms with Gasteiger partial charge in [-0.1, -0.05) is 11.6 Å². The monoisotopic (exact) mass is 291 g/mol. The fourth-order valence-corrected chi connectivity index (χ4v) is 4.25. The minimum atomic E-state index is -0.234. The summed E-state index contributed by atoms with van der Waals surface area (Å²) in [4.78, 5) is 24.4. The van der Waals surface area contributed by atoms with Gasteiger partial charge in [0.15, 0.2) is 0 Å². The highest BCUT2D eigenvalue weighted by Gasteiger charge is 2.63. The maximum Gasteiger partial charge on any atom is 0.310 e. The highest BCUT2D eigenvalue weighted by atomic mass is 35.5. The molecule has 1 heterocycles. The van der Waals surface area contributed by atoms with E-state index >= 15 is 0 Å². The van der Waals surface area contributed by atoms with E-state index in [1.165, 1.54) is 0 Å². The van der Waals surface area contributed by atoms with Crippen LogP contribution in [0.15, 0.2) is 24.3 Å². The van der Waals surface area contributed by atoms with Crippen LogP contribution in [0.25, 0.3) is 0 Å². The van der Waals surface area contributed by atoms with E-state index in [2.05, 4.69) is 5.32 Å². The molecule has 0 aromatic heterocycles. The third-order valence-corrected chi connectivity index (χ3v) is 5.15. The Bertz CT molecular complexity index is 583. The van der Waals surface area contributed by atoms with Crippen molar-refractivity contribution < 1.29 is 14.3 Å². The van der Waals surface area contributed by atoms with Gasteiger partial charge < -0.3 is 10.1 Å². The Labute approximate surface area is 121 Å². The molecule has 4 rings (SSSR count). The molecule has 3 aliphatic rings. The number of rotatable bonds is 2. The molecule has 5 heteroatoms. The van der Waals surface area contributed by atoms with Crippen LogP contribution in [-0.2, 0) is 14.3 Å². The zero-order valence-electron chi connectivity index (χ0n) is 10.7. The lowest BCUT2D eigenvalue weighted by Gasteiger charge is -2.23. The van der Waals surface area contributed by atoms with Crippen molar-refractivity contribution >= 4 is 29.2 Å². The number of esters is 1. The number of fused-ring (bicyclic) bond motifs is 1. The second-order valence-electron chi connectivity index (χ2n) is 5.92. The second-order valence-corrected chi connectivity index (χ2v) is 6.35. The Morgan fingerprint density at radius 2 is 2.00 bits per heavy atom. The van der Waals surface area contributed by atoms with Crippen molar-refractivity contribution in [1.29, 1.82) is 0 Å². The molecule has 1 amide bonds. The number of carbonyl (C=O) groups is 2. The van der Waals surface area contributed by atoms with E-state index in [-0.39, 0.29) is 41.7 Å². The topological polar surface area (TPSA) is 55.4 Å². The summed E-state index contributed by atoms with van der Waals surface area (Å²) in [6.07, 6.45) is 1.85. The summed E-state index contributed by atoms with van der Waals surface area (Å²) < 4.78 is 5.35. The molecule has 20 heavy (non-hydrogen) atoms. The van der Waals surface area contributed by atoms with Crippen molar-refractivity contribution in [3.63, 3.8) is 0 Å². The van der Waals surface area contributed by atoms with Crippen molar-refractivity contribution in [2.24, 2.45) is 23.7 Å². The maximum absolute atomic E-state index is 12.5. The van der Waals surface area contributed by atoms with Crippen LogP contribution in [0.3, 0.4) is 0 Å². The van der Waals surface area contributed by atoms with Gasteiger partial charge in [-0.25, -0.2) is 0 Å². The lowest BCUT2D eigenvalue weighted by molar-refractivity contribution is -0.145. The summed E-state index contributed by atoms with van der Waals surface area (Å²) >= 11 is 5.82. The highest BCUT2D eigenvalue weighted by molar-refractivity contribution is 6.30. The van der Waals surface area contributed by atoms with Gasteiger partial charge in [0.25, 0.3) is 0 Å². The SMILES string of the molecule is O=C1O[C@H]2C[C@@H]3C[C@H]2[C@@H]1[C@H]3C(=O)Nc1ccc(Cl)cc1. The third-order valence-electron chi connectivity index (χ3n) is 4.90. The van der Waals surface area contributed by atoms with E-state index < -0.39 is 0 Å². The molecule has 4 nitrogen and oxygen atoms in total. The van der Waals surface area contributed by atoms with Crippen molar-refractivity contribution in [3.05, 3.63) is 29.3 Å². The second kappa shape index (κ2) is 4.22. The number of hydrogen-bond acceptors (Lipinski definition) is 3. The molecular weight excluding hydrogens is 278 g/mol. The van der Waals surface area contributed by atoms with Gasteiger partial charge >= 0.3 is 5.97 Å². The van der Waals surface area contributed by atoms with Gasteiger partial charge in [-0.3, -0.25) is 9.59 Å². The van der Waals surface area contributed by atoms with Gasteiger partial charge in [-0.2, -0.15) is 0 Å². The van der Waals surface area contributed by atoms with Crippen LogP contribution in [0.5, 0.6) is 0 Å². The molecule has 1 aromatic carbocycles. The Hall–Kier alpha value is -1.55. The molecule has 0 spiro atoms. The first-order valence-electron chi connectivity index (χ1n) is 6.90. The minimum Gasteiger partial charge on any atom is -0.462 e. The molecule has 2 aliphatic carbocycles. The van der Waals surface area contributed by atoms with E-state index in [0.717, 1.165) is 12.8 Å². The zero-order valence-corrected chi connectivity index (χ0v) is 11.5. The van der Waals surface area contributed by atoms with E-state index in [1.807, 2.05) is 0 Å². The zero-order chi connectivity index (χ0) is 13.9. The van der Waals surface area contributed by atoms with E-state index in [4.69, 9.17) is 16.3 Å². The van der Waals surface area contributed by atoms with Crippen LogP contribution in [0.1, 0.15) is 12.8 Å². The van der Waals surface area contributed by atoms with Gasteiger partial charge in [0.2, 0.25) is 5.91 Å². The standard InChI is InChI=1S/C15H14ClNO3/c16-8-1-3-9(4-2-8)17-14(18)12-7-5-10-11(6-7)20-15(19)13(10)12/h1-4,7,10-13H,5-6H2,(H,17,18)/t7-,10+,11-,12-,13+/m0/s1. The molecule has 1 saturated heterocycles. The molecule has 0 unspecified atom stereocenters. The molecule has 5 atom stereocenters. The maximum atomic E-state index is 12.5. The summed E-state index contributed by atoms with van der Waals surface area (Å²) in [6, 6.07) is 7.00. The fourth-order valence-electron chi connectivity index (χ4n) is 4.12. The number of carbonyl (C=O) groups excluding carboxylic acids is 2. The molecule has 2 saturated carbocycles. The average Bonchev–Trinajstić information content (AvgIpc) is 3.02. The first kappa shape index (κ1) is 12.2. The molecule has 104 valence electrons. The number of ether oxygens (including phenoxy) is 1. The van der Waals surface area contributed by atoms with E-state index in [1.54, 1.807) is 24.3 Å². The molecule has 0 radical (unpaired) electrons. The Morgan fingerprint density at radius 1 is 1.25 bits per heavy atom. The predicted octanol–water partition coefficient (Wildman–Crippen LogP) is 2.48. The molecule has 2 bridgehead atoms. The van der Waals surface area contributed by atoms with Crippen LogP contribution < -0.4 is 5.32 Å². The lowest BCUT2D eigenvalue weighted by Crippen LogP contribution is -2.35. The number of amides is 1. The van der Waals surface area contributed by atoms with Crippen molar-refractivity contribution in [2.45, 2.75) is 18.9 Å². The Kier molecular flexibility index (Phi) is 2.58. The van der Waals surface area contributed by atoms with Gasteiger partial charge in [0.1, 0.15) is 6.10 Å². The van der Waals surface area contributed by atoms with Crippen LogP contribution in [0, 0.1) is 23.7 Å². The van der Waals surface area contributed by atoms with Gasteiger partial charge in [0, 0.05) is 16.6 Å². The van der Waals surface area contributed by atoms with Crippen molar-refractivity contribution in [3.8, 4) is 0 Å². The summed E-state index contributed by atoms with van der Waals surface area (Å²) in [5.74, 6) is -0.173. The third kappa shape index (κ3) is 1.67. The van der Waals surface area contributed by atoms with Crippen LogP contribution in [0.4, 0.5) is 5.69 Å². The van der Waals surface area contributed by atoms with Crippen molar-refractivity contribution in [2.75, 3.05) is 5.32 Å².